The summed E-state index contributed by atoms with van der Waals surface area (Å²) >= 11 is 0. The van der Waals surface area contributed by atoms with Crippen LogP contribution in [0.1, 0.15) is 31.9 Å². The van der Waals surface area contributed by atoms with Crippen molar-refractivity contribution in [2.45, 2.75) is 32.6 Å². The Balaban J connectivity index is 2.57. The average Bonchev–Trinajstić information content (AvgIpc) is 2.52. The van der Waals surface area contributed by atoms with E-state index < -0.39 is 0 Å². The summed E-state index contributed by atoms with van der Waals surface area (Å²) in [5.74, 6) is 0.890. The van der Waals surface area contributed by atoms with E-state index in [1.54, 1.807) is 4.68 Å². The Labute approximate surface area is 96.6 Å². The molecule has 4 N–H and O–H groups in total. The van der Waals surface area contributed by atoms with Crippen molar-refractivity contribution in [3.05, 3.63) is 5.69 Å². The molecule has 0 saturated heterocycles. The molecule has 1 rings (SSSR count). The molecule has 0 unspecified atom stereocenters. The lowest BCUT2D eigenvalue weighted by atomic mass is 10.2. The third kappa shape index (κ3) is 3.13. The highest BCUT2D eigenvalue weighted by Gasteiger charge is 2.11. The number of aliphatic hydroxyl groups excluding tert-OH is 1. The maximum Gasteiger partial charge on any atom is 0.147 e. The van der Waals surface area contributed by atoms with Crippen LogP contribution < -0.4 is 11.1 Å². The SMILES string of the molecule is CCCc1nn(C)c(NCCCCO)c1N. The van der Waals surface area contributed by atoms with Gasteiger partial charge in [-0.3, -0.25) is 4.68 Å². The molecule has 0 radical (unpaired) electrons. The molecule has 0 aliphatic rings. The second-order valence-corrected chi connectivity index (χ2v) is 3.94. The summed E-state index contributed by atoms with van der Waals surface area (Å²) in [5, 5.41) is 16.3. The van der Waals surface area contributed by atoms with E-state index in [1.165, 1.54) is 0 Å². The summed E-state index contributed by atoms with van der Waals surface area (Å²) in [4.78, 5) is 0. The number of nitrogens with zero attached hydrogens (tertiary/aromatic N) is 2. The van der Waals surface area contributed by atoms with E-state index in [0.717, 1.165) is 49.4 Å². The number of anilines is 2. The van der Waals surface area contributed by atoms with Crippen molar-refractivity contribution in [2.75, 3.05) is 24.2 Å². The molecule has 1 heterocycles. The van der Waals surface area contributed by atoms with Crippen LogP contribution in [0.5, 0.6) is 0 Å². The molecule has 1 aromatic heterocycles. The van der Waals surface area contributed by atoms with Crippen molar-refractivity contribution in [3.8, 4) is 0 Å². The van der Waals surface area contributed by atoms with Crippen LogP contribution in [0.15, 0.2) is 0 Å². The maximum atomic E-state index is 8.68. The Morgan fingerprint density at radius 2 is 2.19 bits per heavy atom. The number of nitrogen functional groups attached to an aromatic ring is 1. The molecular formula is C11H22N4O. The van der Waals surface area contributed by atoms with Gasteiger partial charge in [0, 0.05) is 20.2 Å². The lowest BCUT2D eigenvalue weighted by molar-refractivity contribution is 0.286. The van der Waals surface area contributed by atoms with Gasteiger partial charge in [-0.25, -0.2) is 0 Å². The summed E-state index contributed by atoms with van der Waals surface area (Å²) in [6.07, 6.45) is 3.71. The fourth-order valence-electron chi connectivity index (χ4n) is 1.67. The molecule has 0 aromatic carbocycles. The molecule has 1 aromatic rings. The van der Waals surface area contributed by atoms with Gasteiger partial charge < -0.3 is 16.2 Å². The van der Waals surface area contributed by atoms with Gasteiger partial charge in [-0.05, 0) is 19.3 Å². The van der Waals surface area contributed by atoms with E-state index in [0.29, 0.717) is 0 Å². The maximum absolute atomic E-state index is 8.68. The standard InChI is InChI=1S/C11H22N4O/c1-3-6-9-10(12)11(15(2)14-9)13-7-4-5-8-16/h13,16H,3-8,12H2,1-2H3. The normalized spacial score (nSPS) is 10.7. The average molecular weight is 226 g/mol. The lowest BCUT2D eigenvalue weighted by Gasteiger charge is -2.06. The van der Waals surface area contributed by atoms with Gasteiger partial charge in [0.2, 0.25) is 0 Å². The molecule has 0 amide bonds. The molecule has 92 valence electrons. The van der Waals surface area contributed by atoms with E-state index in [4.69, 9.17) is 10.8 Å². The molecule has 0 bridgehead atoms. The highest BCUT2D eigenvalue weighted by Crippen LogP contribution is 2.22. The van der Waals surface area contributed by atoms with E-state index >= 15 is 0 Å². The first-order chi connectivity index (χ1) is 7.70. The first kappa shape index (κ1) is 12.8. The van der Waals surface area contributed by atoms with Gasteiger partial charge in [-0.15, -0.1) is 0 Å². The van der Waals surface area contributed by atoms with E-state index in [1.807, 2.05) is 7.05 Å². The summed E-state index contributed by atoms with van der Waals surface area (Å²) in [6.45, 7) is 3.17. The van der Waals surface area contributed by atoms with Crippen LogP contribution in [0.4, 0.5) is 11.5 Å². The third-order valence-corrected chi connectivity index (χ3v) is 2.52. The molecule has 5 nitrogen and oxygen atoms in total. The minimum atomic E-state index is 0.240. The lowest BCUT2D eigenvalue weighted by Crippen LogP contribution is -2.08. The van der Waals surface area contributed by atoms with Crippen molar-refractivity contribution < 1.29 is 5.11 Å². The molecule has 0 aliphatic heterocycles. The van der Waals surface area contributed by atoms with Crippen LogP contribution in [0.3, 0.4) is 0 Å². The molecular weight excluding hydrogens is 204 g/mol. The van der Waals surface area contributed by atoms with Gasteiger partial charge in [0.25, 0.3) is 0 Å². The monoisotopic (exact) mass is 226 g/mol. The highest BCUT2D eigenvalue weighted by molar-refractivity contribution is 5.64. The zero-order chi connectivity index (χ0) is 12.0. The first-order valence-electron chi connectivity index (χ1n) is 5.86. The molecule has 0 spiro atoms. The van der Waals surface area contributed by atoms with Gasteiger partial charge in [-0.1, -0.05) is 13.3 Å². The van der Waals surface area contributed by atoms with Gasteiger partial charge in [0.1, 0.15) is 5.82 Å². The van der Waals surface area contributed by atoms with Crippen LogP contribution in [0.2, 0.25) is 0 Å². The summed E-state index contributed by atoms with van der Waals surface area (Å²) in [6, 6.07) is 0. The van der Waals surface area contributed by atoms with E-state index in [-0.39, 0.29) is 6.61 Å². The number of rotatable bonds is 7. The minimum Gasteiger partial charge on any atom is -0.396 e. The highest BCUT2D eigenvalue weighted by atomic mass is 16.2. The number of aromatic nitrogens is 2. The van der Waals surface area contributed by atoms with Crippen molar-refractivity contribution in [1.29, 1.82) is 0 Å². The first-order valence-corrected chi connectivity index (χ1v) is 5.86. The Morgan fingerprint density at radius 1 is 1.44 bits per heavy atom. The number of hydrogen-bond donors (Lipinski definition) is 3. The molecule has 0 saturated carbocycles. The Bertz CT molecular complexity index is 322. The number of unbranched alkanes of at least 4 members (excludes halogenated alkanes) is 1. The second kappa shape index (κ2) is 6.37. The summed E-state index contributed by atoms with van der Waals surface area (Å²) in [7, 11) is 1.89. The van der Waals surface area contributed by atoms with Crippen molar-refractivity contribution in [2.24, 2.45) is 7.05 Å². The zero-order valence-corrected chi connectivity index (χ0v) is 10.2. The molecule has 0 fully saturated rings. The molecule has 5 heteroatoms. The number of aliphatic hydroxyl groups is 1. The predicted octanol–water partition coefficient (Wildman–Crippen LogP) is 1.14. The Kier molecular flexibility index (Phi) is 5.11. The zero-order valence-electron chi connectivity index (χ0n) is 10.2. The molecule has 0 aliphatic carbocycles. The largest absolute Gasteiger partial charge is 0.396 e. The molecule has 16 heavy (non-hydrogen) atoms. The third-order valence-electron chi connectivity index (χ3n) is 2.52. The van der Waals surface area contributed by atoms with Gasteiger partial charge in [-0.2, -0.15) is 5.10 Å². The van der Waals surface area contributed by atoms with Crippen LogP contribution in [0, 0.1) is 0 Å². The Hall–Kier alpha value is -1.23. The quantitative estimate of drug-likeness (QED) is 0.609. The smallest absolute Gasteiger partial charge is 0.147 e. The number of nitrogens with two attached hydrogens (primary N) is 1. The fourth-order valence-corrected chi connectivity index (χ4v) is 1.67. The second-order valence-electron chi connectivity index (χ2n) is 3.94. The Morgan fingerprint density at radius 3 is 2.81 bits per heavy atom. The number of nitrogens with one attached hydrogen (secondary N) is 1. The summed E-state index contributed by atoms with van der Waals surface area (Å²) in [5.41, 5.74) is 7.73. The van der Waals surface area contributed by atoms with E-state index in [2.05, 4.69) is 17.3 Å². The van der Waals surface area contributed by atoms with Crippen LogP contribution in [0.25, 0.3) is 0 Å². The topological polar surface area (TPSA) is 76.1 Å². The molecule has 0 atom stereocenters. The fraction of sp³-hybridized carbons (Fsp3) is 0.727. The summed E-state index contributed by atoms with van der Waals surface area (Å²) < 4.78 is 1.79. The predicted molar refractivity (Wildman–Crippen MR) is 66.4 cm³/mol. The van der Waals surface area contributed by atoms with Crippen LogP contribution >= 0.6 is 0 Å². The van der Waals surface area contributed by atoms with Gasteiger partial charge in [0.05, 0.1) is 11.4 Å². The minimum absolute atomic E-state index is 0.240. The van der Waals surface area contributed by atoms with Gasteiger partial charge >= 0.3 is 0 Å². The van der Waals surface area contributed by atoms with Crippen molar-refractivity contribution in [3.63, 3.8) is 0 Å². The van der Waals surface area contributed by atoms with Crippen molar-refractivity contribution >= 4 is 11.5 Å². The van der Waals surface area contributed by atoms with Crippen molar-refractivity contribution in [1.82, 2.24) is 9.78 Å². The van der Waals surface area contributed by atoms with Crippen LogP contribution in [-0.4, -0.2) is 28.0 Å². The van der Waals surface area contributed by atoms with E-state index in [9.17, 15) is 0 Å². The number of hydrogen-bond acceptors (Lipinski definition) is 4. The van der Waals surface area contributed by atoms with Crippen LogP contribution in [-0.2, 0) is 13.5 Å². The van der Waals surface area contributed by atoms with Gasteiger partial charge in [0.15, 0.2) is 0 Å². The number of aryl methyl sites for hydroxylation is 2.